The molecule has 2 heterocycles. The molecule has 5 rings (SSSR count). The van der Waals surface area contributed by atoms with Crippen LogP contribution in [0.3, 0.4) is 0 Å². The Kier molecular flexibility index (Phi) is 6.13. The van der Waals surface area contributed by atoms with Crippen LogP contribution in [0.15, 0.2) is 82.0 Å². The van der Waals surface area contributed by atoms with E-state index < -0.39 is 0 Å². The Hall–Kier alpha value is -3.57. The van der Waals surface area contributed by atoms with E-state index in [2.05, 4.69) is 29.2 Å². The van der Waals surface area contributed by atoms with Gasteiger partial charge >= 0.3 is 0 Å². The quantitative estimate of drug-likeness (QED) is 0.390. The molecular formula is C28H27NO4. The van der Waals surface area contributed by atoms with Crippen LogP contribution in [0.5, 0.6) is 11.5 Å². The second kappa shape index (κ2) is 9.51. The van der Waals surface area contributed by atoms with Gasteiger partial charge in [-0.3, -0.25) is 9.69 Å². The van der Waals surface area contributed by atoms with Crippen molar-refractivity contribution in [2.75, 3.05) is 19.7 Å². The molecule has 0 bridgehead atoms. The molecule has 0 aliphatic carbocycles. The van der Waals surface area contributed by atoms with E-state index in [4.69, 9.17) is 9.15 Å². The van der Waals surface area contributed by atoms with Gasteiger partial charge in [0.05, 0.1) is 6.61 Å². The number of nitrogens with zero attached hydrogens (tertiary/aromatic N) is 1. The maximum Gasteiger partial charge on any atom is 0.197 e. The maximum atomic E-state index is 12.6. The van der Waals surface area contributed by atoms with Crippen LogP contribution in [0, 0.1) is 0 Å². The molecular weight excluding hydrogens is 414 g/mol. The van der Waals surface area contributed by atoms with E-state index in [-0.39, 0.29) is 16.6 Å². The molecule has 0 spiro atoms. The van der Waals surface area contributed by atoms with E-state index in [1.54, 1.807) is 6.07 Å². The molecule has 1 aromatic heterocycles. The number of benzene rings is 3. The third-order valence-electron chi connectivity index (χ3n) is 6.19. The van der Waals surface area contributed by atoms with Crippen molar-refractivity contribution in [1.82, 2.24) is 4.90 Å². The van der Waals surface area contributed by atoms with E-state index in [9.17, 15) is 9.90 Å². The van der Waals surface area contributed by atoms with Gasteiger partial charge in [-0.15, -0.1) is 0 Å². The molecule has 1 aliphatic rings. The number of aromatic hydroxyl groups is 1. The Morgan fingerprint density at radius 1 is 0.939 bits per heavy atom. The van der Waals surface area contributed by atoms with Crippen LogP contribution >= 0.6 is 0 Å². The number of rotatable bonds is 7. The fourth-order valence-electron chi connectivity index (χ4n) is 4.44. The van der Waals surface area contributed by atoms with Gasteiger partial charge in [-0.25, -0.2) is 0 Å². The molecule has 4 aromatic rings. The van der Waals surface area contributed by atoms with Gasteiger partial charge in [0.25, 0.3) is 0 Å². The summed E-state index contributed by atoms with van der Waals surface area (Å²) in [5.41, 5.74) is 3.76. The normalized spacial score (nSPS) is 13.7. The molecule has 0 unspecified atom stereocenters. The van der Waals surface area contributed by atoms with E-state index in [0.717, 1.165) is 44.5 Å². The first-order valence-electron chi connectivity index (χ1n) is 11.5. The number of fused-ring (bicyclic) bond motifs is 2. The standard InChI is InChI=1S/C28H27NO4/c30-24-16-23(17-27-28(24)25(31)18-26(33-27)21-9-2-1-3-10-21)32-15-7-6-13-29-14-12-20-8-4-5-11-22(20)19-29/h1-5,8-11,16-18,30H,6-7,12-15,19H2. The van der Waals surface area contributed by atoms with E-state index in [0.29, 0.717) is 23.7 Å². The highest BCUT2D eigenvalue weighted by molar-refractivity contribution is 5.86. The fourth-order valence-corrected chi connectivity index (χ4v) is 4.44. The molecule has 1 aliphatic heterocycles. The summed E-state index contributed by atoms with van der Waals surface area (Å²) >= 11 is 0. The predicted octanol–water partition coefficient (Wildman–Crippen LogP) is 5.38. The fraction of sp³-hybridized carbons (Fsp3) is 0.250. The summed E-state index contributed by atoms with van der Waals surface area (Å²) in [6.07, 6.45) is 3.05. The average molecular weight is 442 g/mol. The van der Waals surface area contributed by atoms with Gasteiger partial charge in [0.2, 0.25) is 0 Å². The highest BCUT2D eigenvalue weighted by Gasteiger charge is 2.15. The Bertz CT molecular complexity index is 1310. The zero-order valence-electron chi connectivity index (χ0n) is 18.5. The predicted molar refractivity (Wildman–Crippen MR) is 130 cm³/mol. The number of unbranched alkanes of at least 4 members (excludes halogenated alkanes) is 1. The van der Waals surface area contributed by atoms with Crippen LogP contribution in [0.2, 0.25) is 0 Å². The molecule has 3 aromatic carbocycles. The zero-order valence-corrected chi connectivity index (χ0v) is 18.5. The Balaban J connectivity index is 1.20. The third-order valence-corrected chi connectivity index (χ3v) is 6.19. The Labute approximate surface area is 192 Å². The molecule has 5 heteroatoms. The molecule has 5 nitrogen and oxygen atoms in total. The van der Waals surface area contributed by atoms with Gasteiger partial charge in [-0.1, -0.05) is 54.6 Å². The summed E-state index contributed by atoms with van der Waals surface area (Å²) in [6, 6.07) is 22.7. The number of hydrogen-bond donors (Lipinski definition) is 1. The highest BCUT2D eigenvalue weighted by atomic mass is 16.5. The van der Waals surface area contributed by atoms with Crippen LogP contribution in [-0.4, -0.2) is 29.7 Å². The lowest BCUT2D eigenvalue weighted by Crippen LogP contribution is -2.31. The first-order chi connectivity index (χ1) is 16.2. The van der Waals surface area contributed by atoms with Crippen LogP contribution in [0.1, 0.15) is 24.0 Å². The third kappa shape index (κ3) is 4.78. The Morgan fingerprint density at radius 3 is 2.58 bits per heavy atom. The van der Waals surface area contributed by atoms with Crippen molar-refractivity contribution in [2.24, 2.45) is 0 Å². The van der Waals surface area contributed by atoms with Gasteiger partial charge in [0, 0.05) is 36.9 Å². The second-order valence-electron chi connectivity index (χ2n) is 8.51. The largest absolute Gasteiger partial charge is 0.507 e. The van der Waals surface area contributed by atoms with Crippen LogP contribution in [0.25, 0.3) is 22.3 Å². The van der Waals surface area contributed by atoms with Gasteiger partial charge < -0.3 is 14.3 Å². The minimum Gasteiger partial charge on any atom is -0.507 e. The van der Waals surface area contributed by atoms with E-state index >= 15 is 0 Å². The first-order valence-corrected chi connectivity index (χ1v) is 11.5. The second-order valence-corrected chi connectivity index (χ2v) is 8.51. The minimum atomic E-state index is -0.276. The summed E-state index contributed by atoms with van der Waals surface area (Å²) in [6.45, 7) is 3.69. The molecule has 0 saturated heterocycles. The van der Waals surface area contributed by atoms with Gasteiger partial charge in [-0.2, -0.15) is 0 Å². The minimum absolute atomic E-state index is 0.122. The first kappa shape index (κ1) is 21.3. The lowest BCUT2D eigenvalue weighted by molar-refractivity contribution is 0.235. The Morgan fingerprint density at radius 2 is 1.73 bits per heavy atom. The molecule has 0 fully saturated rings. The van der Waals surface area contributed by atoms with Crippen molar-refractivity contribution < 1.29 is 14.3 Å². The SMILES string of the molecule is O=c1cc(-c2ccccc2)oc2cc(OCCCCN3CCc4ccccc4C3)cc(O)c12. The monoisotopic (exact) mass is 441 g/mol. The topological polar surface area (TPSA) is 62.9 Å². The molecule has 0 amide bonds. The van der Waals surface area contributed by atoms with E-state index in [1.165, 1.54) is 23.3 Å². The molecule has 0 radical (unpaired) electrons. The molecule has 0 atom stereocenters. The number of phenolic OH excluding ortho intramolecular Hbond substituents is 1. The summed E-state index contributed by atoms with van der Waals surface area (Å²) in [4.78, 5) is 15.1. The smallest absolute Gasteiger partial charge is 0.197 e. The molecule has 168 valence electrons. The lowest BCUT2D eigenvalue weighted by atomic mass is 10.00. The van der Waals surface area contributed by atoms with Crippen LogP contribution < -0.4 is 10.2 Å². The molecule has 0 saturated carbocycles. The van der Waals surface area contributed by atoms with Crippen molar-refractivity contribution in [3.63, 3.8) is 0 Å². The maximum absolute atomic E-state index is 12.6. The van der Waals surface area contributed by atoms with Crippen molar-refractivity contribution in [1.29, 1.82) is 0 Å². The summed E-state index contributed by atoms with van der Waals surface area (Å²) in [5.74, 6) is 0.843. The van der Waals surface area contributed by atoms with Gasteiger partial charge in [0.15, 0.2) is 5.43 Å². The summed E-state index contributed by atoms with van der Waals surface area (Å²) in [7, 11) is 0. The van der Waals surface area contributed by atoms with Crippen LogP contribution in [0.4, 0.5) is 0 Å². The number of hydrogen-bond acceptors (Lipinski definition) is 5. The van der Waals surface area contributed by atoms with Crippen LogP contribution in [-0.2, 0) is 13.0 Å². The summed E-state index contributed by atoms with van der Waals surface area (Å²) in [5, 5.41) is 10.6. The lowest BCUT2D eigenvalue weighted by Gasteiger charge is -2.28. The number of ether oxygens (including phenoxy) is 1. The summed E-state index contributed by atoms with van der Waals surface area (Å²) < 4.78 is 11.8. The molecule has 33 heavy (non-hydrogen) atoms. The van der Waals surface area contributed by atoms with E-state index in [1.807, 2.05) is 30.3 Å². The van der Waals surface area contributed by atoms with Crippen molar-refractivity contribution >= 4 is 11.0 Å². The van der Waals surface area contributed by atoms with Crippen molar-refractivity contribution in [2.45, 2.75) is 25.8 Å². The highest BCUT2D eigenvalue weighted by Crippen LogP contribution is 2.31. The van der Waals surface area contributed by atoms with Gasteiger partial charge in [-0.05, 0) is 36.9 Å². The average Bonchev–Trinajstić information content (AvgIpc) is 2.84. The number of phenols is 1. The van der Waals surface area contributed by atoms with Gasteiger partial charge in [0.1, 0.15) is 28.2 Å². The van der Waals surface area contributed by atoms with Crippen molar-refractivity contribution in [3.05, 3.63) is 94.1 Å². The molecule has 1 N–H and O–H groups in total. The van der Waals surface area contributed by atoms with Crippen molar-refractivity contribution in [3.8, 4) is 22.8 Å². The zero-order chi connectivity index (χ0) is 22.6.